The lowest BCUT2D eigenvalue weighted by Crippen LogP contribution is -2.49. The van der Waals surface area contributed by atoms with Crippen LogP contribution >= 0.6 is 0 Å². The van der Waals surface area contributed by atoms with Gasteiger partial charge in [0.2, 0.25) is 5.76 Å². The largest absolute Gasteiger partial charge is 0.418 e. The van der Waals surface area contributed by atoms with Crippen molar-refractivity contribution in [3.63, 3.8) is 0 Å². The molecule has 7 nitrogen and oxygen atoms in total. The predicted molar refractivity (Wildman–Crippen MR) is 124 cm³/mol. The Labute approximate surface area is 196 Å². The molecule has 0 spiro atoms. The number of H-pyrrole nitrogens is 1. The summed E-state index contributed by atoms with van der Waals surface area (Å²) < 4.78 is 43.5. The highest BCUT2D eigenvalue weighted by atomic mass is 19.4. The summed E-state index contributed by atoms with van der Waals surface area (Å²) in [6, 6.07) is 8.27. The third-order valence-corrected chi connectivity index (χ3v) is 6.15. The molecule has 2 N–H and O–H groups in total. The second-order valence-corrected chi connectivity index (χ2v) is 8.76. The molecule has 1 atom stereocenters. The van der Waals surface area contributed by atoms with Crippen molar-refractivity contribution >= 4 is 22.8 Å². The zero-order valence-electron chi connectivity index (χ0n) is 19.2. The van der Waals surface area contributed by atoms with Crippen molar-refractivity contribution in [3.8, 4) is 0 Å². The number of anilines is 1. The Morgan fingerprint density at radius 1 is 1.24 bits per heavy atom. The average Bonchev–Trinajstić information content (AvgIpc) is 3.45. The number of carbonyl (C=O) groups is 1. The third-order valence-electron chi connectivity index (χ3n) is 6.15. The number of amides is 1. The van der Waals surface area contributed by atoms with Gasteiger partial charge in [0.15, 0.2) is 0 Å². The molecule has 1 aliphatic heterocycles. The molecule has 4 rings (SSSR count). The van der Waals surface area contributed by atoms with Gasteiger partial charge in [0.05, 0.1) is 12.7 Å². The number of nitrogens with zero attached hydrogens (tertiary/aromatic N) is 3. The van der Waals surface area contributed by atoms with Crippen LogP contribution in [-0.2, 0) is 6.42 Å². The number of alkyl halides is 3. The maximum absolute atomic E-state index is 12.9. The second kappa shape index (κ2) is 10.5. The maximum atomic E-state index is 12.9. The van der Waals surface area contributed by atoms with Crippen LogP contribution in [0.25, 0.3) is 10.9 Å². The molecule has 34 heavy (non-hydrogen) atoms. The monoisotopic (exact) mass is 477 g/mol. The number of aromatic nitrogens is 2. The SMILES string of the molecule is CCCCC(Cc1c[nH]c2ccccc12)NC(=O)c1cnc(N2CCN(CC(F)(F)F)CC2)o1. The molecular formula is C24H30F3N5O2. The first-order valence-corrected chi connectivity index (χ1v) is 11.7. The minimum atomic E-state index is -4.21. The van der Waals surface area contributed by atoms with E-state index in [0.717, 1.165) is 35.7 Å². The first-order chi connectivity index (χ1) is 16.3. The minimum Gasteiger partial charge on any atom is -0.418 e. The number of unbranched alkanes of at least 4 members (excludes halogenated alkanes) is 1. The Bertz CT molecular complexity index is 1090. The standard InChI is InChI=1S/C24H30F3N5O2/c1-2-3-6-18(13-17-14-28-20-8-5-4-7-19(17)20)30-22(33)21-15-29-23(34-21)32-11-9-31(10-12-32)16-24(25,26)27/h4-5,7-8,14-15,18,28H,2-3,6,9-13,16H2,1H3,(H,30,33). The predicted octanol–water partition coefficient (Wildman–Crippen LogP) is 4.37. The van der Waals surface area contributed by atoms with E-state index in [0.29, 0.717) is 19.5 Å². The van der Waals surface area contributed by atoms with Crippen molar-refractivity contribution in [3.05, 3.63) is 48.0 Å². The molecule has 1 aliphatic rings. The van der Waals surface area contributed by atoms with E-state index in [2.05, 4.69) is 28.3 Å². The van der Waals surface area contributed by atoms with Crippen molar-refractivity contribution < 1.29 is 22.4 Å². The van der Waals surface area contributed by atoms with Gasteiger partial charge < -0.3 is 19.6 Å². The molecule has 0 bridgehead atoms. The van der Waals surface area contributed by atoms with E-state index in [9.17, 15) is 18.0 Å². The van der Waals surface area contributed by atoms with Crippen molar-refractivity contribution in [2.45, 2.75) is 44.8 Å². The number of oxazole rings is 1. The van der Waals surface area contributed by atoms with Gasteiger partial charge in [-0.15, -0.1) is 0 Å². The van der Waals surface area contributed by atoms with Gasteiger partial charge in [0.25, 0.3) is 11.9 Å². The number of fused-ring (bicyclic) bond motifs is 1. The molecule has 10 heteroatoms. The van der Waals surface area contributed by atoms with Gasteiger partial charge in [-0.1, -0.05) is 38.0 Å². The molecular weight excluding hydrogens is 447 g/mol. The summed E-state index contributed by atoms with van der Waals surface area (Å²) in [6.07, 6.45) is 2.69. The maximum Gasteiger partial charge on any atom is 0.401 e. The zero-order chi connectivity index (χ0) is 24.1. The lowest BCUT2D eigenvalue weighted by molar-refractivity contribution is -0.146. The van der Waals surface area contributed by atoms with E-state index in [4.69, 9.17) is 4.42 Å². The highest BCUT2D eigenvalue weighted by Crippen LogP contribution is 2.22. The fourth-order valence-electron chi connectivity index (χ4n) is 4.37. The minimum absolute atomic E-state index is 0.0638. The van der Waals surface area contributed by atoms with Crippen LogP contribution in [0.4, 0.5) is 19.2 Å². The first-order valence-electron chi connectivity index (χ1n) is 11.7. The highest BCUT2D eigenvalue weighted by Gasteiger charge is 2.33. The number of carbonyl (C=O) groups excluding carboxylic acids is 1. The molecule has 0 aliphatic carbocycles. The molecule has 1 amide bonds. The average molecular weight is 478 g/mol. The van der Waals surface area contributed by atoms with Crippen molar-refractivity contribution in [2.24, 2.45) is 0 Å². The van der Waals surface area contributed by atoms with Crippen LogP contribution in [-0.4, -0.2) is 65.7 Å². The van der Waals surface area contributed by atoms with Gasteiger partial charge in [-0.3, -0.25) is 9.69 Å². The van der Waals surface area contributed by atoms with Crippen LogP contribution in [0.15, 0.2) is 41.1 Å². The highest BCUT2D eigenvalue weighted by molar-refractivity contribution is 5.91. The summed E-state index contributed by atoms with van der Waals surface area (Å²) in [5.74, 6) is -0.233. The number of benzene rings is 1. The zero-order valence-corrected chi connectivity index (χ0v) is 19.2. The molecule has 1 fully saturated rings. The number of hydrogen-bond donors (Lipinski definition) is 2. The van der Waals surface area contributed by atoms with Crippen LogP contribution in [0.3, 0.4) is 0 Å². The normalized spacial score (nSPS) is 16.2. The Morgan fingerprint density at radius 3 is 2.74 bits per heavy atom. The molecule has 2 aromatic heterocycles. The molecule has 3 heterocycles. The van der Waals surface area contributed by atoms with E-state index in [-0.39, 0.29) is 36.8 Å². The molecule has 184 valence electrons. The Morgan fingerprint density at radius 2 is 2.00 bits per heavy atom. The quantitative estimate of drug-likeness (QED) is 0.479. The van der Waals surface area contributed by atoms with E-state index >= 15 is 0 Å². The lowest BCUT2D eigenvalue weighted by atomic mass is 10.0. The Hall–Kier alpha value is -3.01. The summed E-state index contributed by atoms with van der Waals surface area (Å²) >= 11 is 0. The summed E-state index contributed by atoms with van der Waals surface area (Å²) in [7, 11) is 0. The number of hydrogen-bond acceptors (Lipinski definition) is 5. The van der Waals surface area contributed by atoms with Gasteiger partial charge in [-0.05, 0) is 24.5 Å². The van der Waals surface area contributed by atoms with Gasteiger partial charge in [0.1, 0.15) is 0 Å². The van der Waals surface area contributed by atoms with Crippen LogP contribution < -0.4 is 10.2 Å². The van der Waals surface area contributed by atoms with Crippen LogP contribution in [0.2, 0.25) is 0 Å². The van der Waals surface area contributed by atoms with E-state index in [1.807, 2.05) is 24.4 Å². The number of nitrogens with one attached hydrogen (secondary N) is 2. The van der Waals surface area contributed by atoms with E-state index in [1.54, 1.807) is 4.90 Å². The molecule has 0 saturated carbocycles. The number of para-hydroxylation sites is 1. The topological polar surface area (TPSA) is 77.4 Å². The van der Waals surface area contributed by atoms with Gasteiger partial charge in [0, 0.05) is 49.3 Å². The van der Waals surface area contributed by atoms with Gasteiger partial charge >= 0.3 is 6.18 Å². The smallest absolute Gasteiger partial charge is 0.401 e. The van der Waals surface area contributed by atoms with Crippen molar-refractivity contribution in [1.29, 1.82) is 0 Å². The Kier molecular flexibility index (Phi) is 7.45. The number of halogens is 3. The Balaban J connectivity index is 1.37. The van der Waals surface area contributed by atoms with Crippen LogP contribution in [0, 0.1) is 0 Å². The van der Waals surface area contributed by atoms with Gasteiger partial charge in [-0.2, -0.15) is 13.2 Å². The number of rotatable bonds is 9. The molecule has 1 saturated heterocycles. The van der Waals surface area contributed by atoms with Crippen LogP contribution in [0.1, 0.15) is 42.3 Å². The van der Waals surface area contributed by atoms with Crippen molar-refractivity contribution in [1.82, 2.24) is 20.2 Å². The number of piperazine rings is 1. The molecule has 1 unspecified atom stereocenters. The van der Waals surface area contributed by atoms with Crippen molar-refractivity contribution in [2.75, 3.05) is 37.6 Å². The molecule has 0 radical (unpaired) electrons. The third kappa shape index (κ3) is 6.11. The van der Waals surface area contributed by atoms with E-state index < -0.39 is 12.7 Å². The first kappa shape index (κ1) is 24.1. The summed E-state index contributed by atoms with van der Waals surface area (Å²) in [5, 5.41) is 4.23. The second-order valence-electron chi connectivity index (χ2n) is 8.76. The van der Waals surface area contributed by atoms with E-state index in [1.165, 1.54) is 11.1 Å². The molecule has 1 aromatic carbocycles. The lowest BCUT2D eigenvalue weighted by Gasteiger charge is -2.34. The summed E-state index contributed by atoms with van der Waals surface area (Å²) in [5.41, 5.74) is 2.21. The van der Waals surface area contributed by atoms with Crippen LogP contribution in [0.5, 0.6) is 0 Å². The fraction of sp³-hybridized carbons (Fsp3) is 0.500. The molecule has 3 aromatic rings. The number of aromatic amines is 1. The summed E-state index contributed by atoms with van der Waals surface area (Å²) in [6.45, 7) is 2.42. The fourth-order valence-corrected chi connectivity index (χ4v) is 4.37. The van der Waals surface area contributed by atoms with Gasteiger partial charge in [-0.25, -0.2) is 4.98 Å². The summed E-state index contributed by atoms with van der Waals surface area (Å²) in [4.78, 5) is 23.5.